The standard InChI is InChI=1S/C7H16NO4P/c1-7(13(9,10)11)6-8-2-4-12-5-3-8/h7H,2-6H2,1H3,(H2,9,10,11). The van der Waals surface area contributed by atoms with E-state index in [-0.39, 0.29) is 0 Å². The molecule has 1 fully saturated rings. The molecule has 0 amide bonds. The lowest BCUT2D eigenvalue weighted by Gasteiger charge is -2.29. The lowest BCUT2D eigenvalue weighted by molar-refractivity contribution is 0.0375. The third-order valence-electron chi connectivity index (χ3n) is 2.20. The van der Waals surface area contributed by atoms with Crippen LogP contribution >= 0.6 is 7.60 Å². The molecule has 5 nitrogen and oxygen atoms in total. The van der Waals surface area contributed by atoms with Crippen LogP contribution in [-0.2, 0) is 9.30 Å². The van der Waals surface area contributed by atoms with Gasteiger partial charge in [-0.2, -0.15) is 0 Å². The van der Waals surface area contributed by atoms with E-state index in [1.165, 1.54) is 0 Å². The molecule has 0 aromatic carbocycles. The summed E-state index contributed by atoms with van der Waals surface area (Å²) in [4.78, 5) is 19.8. The molecule has 1 saturated heterocycles. The van der Waals surface area contributed by atoms with Crippen LogP contribution in [0.3, 0.4) is 0 Å². The topological polar surface area (TPSA) is 70.0 Å². The molecule has 1 atom stereocenters. The van der Waals surface area contributed by atoms with Gasteiger partial charge in [-0.25, -0.2) is 0 Å². The van der Waals surface area contributed by atoms with Gasteiger partial charge in [0.15, 0.2) is 0 Å². The molecule has 1 rings (SSSR count). The average molecular weight is 209 g/mol. The van der Waals surface area contributed by atoms with Gasteiger partial charge in [-0.3, -0.25) is 9.46 Å². The minimum absolute atomic E-state index is 0.452. The molecule has 0 saturated carbocycles. The SMILES string of the molecule is CC(CN1CCOCC1)P(=O)(O)O. The molecule has 1 heterocycles. The Balaban J connectivity index is 2.34. The quantitative estimate of drug-likeness (QED) is 0.634. The van der Waals surface area contributed by atoms with Crippen molar-refractivity contribution in [3.05, 3.63) is 0 Å². The highest BCUT2D eigenvalue weighted by molar-refractivity contribution is 7.52. The second-order valence-corrected chi connectivity index (χ2v) is 5.41. The fraction of sp³-hybridized carbons (Fsp3) is 1.00. The van der Waals surface area contributed by atoms with E-state index in [4.69, 9.17) is 14.5 Å². The van der Waals surface area contributed by atoms with Gasteiger partial charge < -0.3 is 14.5 Å². The Morgan fingerprint density at radius 2 is 2.00 bits per heavy atom. The first kappa shape index (κ1) is 11.1. The van der Waals surface area contributed by atoms with E-state index in [0.29, 0.717) is 19.8 Å². The Hall–Kier alpha value is 0.0700. The maximum atomic E-state index is 10.8. The molecule has 6 heteroatoms. The largest absolute Gasteiger partial charge is 0.379 e. The van der Waals surface area contributed by atoms with E-state index >= 15 is 0 Å². The maximum absolute atomic E-state index is 10.8. The Bertz CT molecular complexity index is 199. The molecule has 1 aliphatic heterocycles. The van der Waals surface area contributed by atoms with Gasteiger partial charge in [0.2, 0.25) is 0 Å². The Labute approximate surface area is 77.8 Å². The van der Waals surface area contributed by atoms with E-state index in [2.05, 4.69) is 0 Å². The van der Waals surface area contributed by atoms with Crippen molar-refractivity contribution in [2.24, 2.45) is 0 Å². The Morgan fingerprint density at radius 3 is 2.46 bits per heavy atom. The normalized spacial score (nSPS) is 23.0. The van der Waals surface area contributed by atoms with Crippen LogP contribution in [-0.4, -0.2) is 53.2 Å². The molecular formula is C7H16NO4P. The van der Waals surface area contributed by atoms with Crippen molar-refractivity contribution in [2.45, 2.75) is 12.6 Å². The van der Waals surface area contributed by atoms with E-state index in [9.17, 15) is 4.57 Å². The molecule has 0 spiro atoms. The van der Waals surface area contributed by atoms with E-state index < -0.39 is 13.3 Å². The second-order valence-electron chi connectivity index (χ2n) is 3.35. The Morgan fingerprint density at radius 1 is 1.46 bits per heavy atom. The van der Waals surface area contributed by atoms with Crippen molar-refractivity contribution in [3.63, 3.8) is 0 Å². The first-order valence-corrected chi connectivity index (χ1v) is 6.03. The fourth-order valence-electron chi connectivity index (χ4n) is 1.26. The van der Waals surface area contributed by atoms with Crippen LogP contribution in [0.15, 0.2) is 0 Å². The molecule has 2 N–H and O–H groups in total. The summed E-state index contributed by atoms with van der Waals surface area (Å²) in [5, 5.41) is 0. The van der Waals surface area contributed by atoms with Crippen LogP contribution in [0.2, 0.25) is 0 Å². The number of rotatable bonds is 3. The number of ether oxygens (including phenoxy) is 1. The zero-order valence-electron chi connectivity index (χ0n) is 7.72. The molecule has 0 bridgehead atoms. The van der Waals surface area contributed by atoms with E-state index in [1.807, 2.05) is 4.90 Å². The predicted molar refractivity (Wildman–Crippen MR) is 48.8 cm³/mol. The summed E-state index contributed by atoms with van der Waals surface area (Å²) >= 11 is 0. The fourth-order valence-corrected chi connectivity index (χ4v) is 1.71. The van der Waals surface area contributed by atoms with Crippen LogP contribution < -0.4 is 0 Å². The summed E-state index contributed by atoms with van der Waals surface area (Å²) in [6, 6.07) is 0. The summed E-state index contributed by atoms with van der Waals surface area (Å²) in [5.74, 6) is 0. The highest BCUT2D eigenvalue weighted by Crippen LogP contribution is 2.41. The summed E-state index contributed by atoms with van der Waals surface area (Å²) in [6.45, 7) is 4.89. The maximum Gasteiger partial charge on any atom is 0.329 e. The summed E-state index contributed by atoms with van der Waals surface area (Å²) in [5.41, 5.74) is -0.578. The van der Waals surface area contributed by atoms with Gasteiger partial charge in [0.25, 0.3) is 0 Å². The van der Waals surface area contributed by atoms with E-state index in [1.54, 1.807) is 6.92 Å². The molecule has 13 heavy (non-hydrogen) atoms. The molecule has 0 radical (unpaired) electrons. The lowest BCUT2D eigenvalue weighted by Crippen LogP contribution is -2.40. The van der Waals surface area contributed by atoms with Crippen LogP contribution in [0.4, 0.5) is 0 Å². The molecular weight excluding hydrogens is 193 g/mol. The molecule has 0 aromatic heterocycles. The van der Waals surface area contributed by atoms with Crippen molar-refractivity contribution in [1.82, 2.24) is 4.90 Å². The van der Waals surface area contributed by atoms with Crippen LogP contribution in [0.25, 0.3) is 0 Å². The average Bonchev–Trinajstić information content (AvgIpc) is 2.04. The molecule has 0 aliphatic carbocycles. The van der Waals surface area contributed by atoms with Crippen LogP contribution in [0.1, 0.15) is 6.92 Å². The predicted octanol–water partition coefficient (Wildman–Crippen LogP) is -0.115. The number of hydrogen-bond acceptors (Lipinski definition) is 3. The number of morpholine rings is 1. The van der Waals surface area contributed by atoms with Crippen LogP contribution in [0, 0.1) is 0 Å². The van der Waals surface area contributed by atoms with Gasteiger partial charge in [-0.15, -0.1) is 0 Å². The Kier molecular flexibility index (Phi) is 3.88. The van der Waals surface area contributed by atoms with Gasteiger partial charge in [-0.05, 0) is 6.92 Å². The monoisotopic (exact) mass is 209 g/mol. The van der Waals surface area contributed by atoms with Crippen LogP contribution in [0.5, 0.6) is 0 Å². The van der Waals surface area contributed by atoms with Gasteiger partial charge in [0, 0.05) is 19.6 Å². The van der Waals surface area contributed by atoms with Crippen molar-refractivity contribution in [3.8, 4) is 0 Å². The zero-order chi connectivity index (χ0) is 9.90. The van der Waals surface area contributed by atoms with Gasteiger partial charge in [-0.1, -0.05) is 0 Å². The molecule has 1 aliphatic rings. The first-order valence-electron chi connectivity index (χ1n) is 4.35. The number of hydrogen-bond donors (Lipinski definition) is 2. The third kappa shape index (κ3) is 3.75. The van der Waals surface area contributed by atoms with Gasteiger partial charge >= 0.3 is 7.60 Å². The lowest BCUT2D eigenvalue weighted by atomic mass is 10.3. The zero-order valence-corrected chi connectivity index (χ0v) is 8.61. The minimum atomic E-state index is -3.91. The van der Waals surface area contributed by atoms with Crippen molar-refractivity contribution < 1.29 is 19.1 Å². The number of nitrogens with zero attached hydrogens (tertiary/aromatic N) is 1. The van der Waals surface area contributed by atoms with Crippen molar-refractivity contribution in [2.75, 3.05) is 32.8 Å². The smallest absolute Gasteiger partial charge is 0.329 e. The van der Waals surface area contributed by atoms with Gasteiger partial charge in [0.1, 0.15) is 0 Å². The molecule has 78 valence electrons. The minimum Gasteiger partial charge on any atom is -0.379 e. The van der Waals surface area contributed by atoms with Crippen molar-refractivity contribution >= 4 is 7.60 Å². The van der Waals surface area contributed by atoms with Gasteiger partial charge in [0.05, 0.1) is 18.9 Å². The first-order chi connectivity index (χ1) is 6.00. The highest BCUT2D eigenvalue weighted by Gasteiger charge is 2.26. The third-order valence-corrected chi connectivity index (χ3v) is 3.51. The second kappa shape index (κ2) is 4.53. The summed E-state index contributed by atoms with van der Waals surface area (Å²) in [7, 11) is -3.91. The van der Waals surface area contributed by atoms with E-state index in [0.717, 1.165) is 13.1 Å². The summed E-state index contributed by atoms with van der Waals surface area (Å²) < 4.78 is 16.0. The summed E-state index contributed by atoms with van der Waals surface area (Å²) in [6.07, 6.45) is 0. The highest BCUT2D eigenvalue weighted by atomic mass is 31.2. The molecule has 1 unspecified atom stereocenters. The van der Waals surface area contributed by atoms with Crippen molar-refractivity contribution in [1.29, 1.82) is 0 Å². The molecule has 0 aromatic rings.